The lowest BCUT2D eigenvalue weighted by Gasteiger charge is -2.21. The first-order valence-corrected chi connectivity index (χ1v) is 6.32. The number of hydrogen-bond donors (Lipinski definition) is 1. The van der Waals surface area contributed by atoms with Crippen LogP contribution in [0.1, 0.15) is 26.2 Å². The van der Waals surface area contributed by atoms with Gasteiger partial charge in [0, 0.05) is 0 Å². The number of thioether (sulfide) groups is 1. The van der Waals surface area contributed by atoms with Crippen LogP contribution in [0.4, 0.5) is 0 Å². The second kappa shape index (κ2) is 2.91. The molecular weight excluding hydrogens is 168 g/mol. The maximum atomic E-state index is 10.3. The summed E-state index contributed by atoms with van der Waals surface area (Å²) in [5.74, 6) is 2.95. The van der Waals surface area contributed by atoms with E-state index in [1.807, 2.05) is 11.8 Å². The Kier molecular flexibility index (Phi) is 2.16. The van der Waals surface area contributed by atoms with Crippen LogP contribution in [0.5, 0.6) is 0 Å². The van der Waals surface area contributed by atoms with Crippen molar-refractivity contribution in [2.24, 2.45) is 17.8 Å². The van der Waals surface area contributed by atoms with Crippen LogP contribution >= 0.6 is 11.8 Å². The SMILES string of the molecule is CSCC(C)C1(O)C2CCCC21. The van der Waals surface area contributed by atoms with Crippen molar-refractivity contribution >= 4 is 11.8 Å². The molecule has 1 N–H and O–H groups in total. The fraction of sp³-hybridized carbons (Fsp3) is 1.00. The molecule has 0 saturated heterocycles. The van der Waals surface area contributed by atoms with Crippen molar-refractivity contribution in [1.29, 1.82) is 0 Å². The van der Waals surface area contributed by atoms with Gasteiger partial charge in [-0.15, -0.1) is 0 Å². The van der Waals surface area contributed by atoms with Gasteiger partial charge in [0.2, 0.25) is 0 Å². The minimum absolute atomic E-state index is 0.249. The van der Waals surface area contributed by atoms with Crippen LogP contribution in [0.25, 0.3) is 0 Å². The molecule has 2 aliphatic rings. The molecule has 12 heavy (non-hydrogen) atoms. The third-order valence-corrected chi connectivity index (χ3v) is 4.63. The first-order chi connectivity index (χ1) is 5.71. The molecule has 0 spiro atoms. The molecule has 0 aromatic rings. The predicted molar refractivity (Wildman–Crippen MR) is 53.3 cm³/mol. The quantitative estimate of drug-likeness (QED) is 0.729. The predicted octanol–water partition coefficient (Wildman–Crippen LogP) is 2.15. The first-order valence-electron chi connectivity index (χ1n) is 4.92. The van der Waals surface area contributed by atoms with Crippen molar-refractivity contribution in [1.82, 2.24) is 0 Å². The molecule has 2 heteroatoms. The summed E-state index contributed by atoms with van der Waals surface area (Å²) >= 11 is 1.86. The Morgan fingerprint density at radius 2 is 2.08 bits per heavy atom. The molecule has 3 atom stereocenters. The summed E-state index contributed by atoms with van der Waals surface area (Å²) < 4.78 is 0. The van der Waals surface area contributed by atoms with Gasteiger partial charge in [0.05, 0.1) is 5.60 Å². The van der Waals surface area contributed by atoms with E-state index in [0.29, 0.717) is 17.8 Å². The average molecular weight is 186 g/mol. The van der Waals surface area contributed by atoms with Crippen LogP contribution < -0.4 is 0 Å². The van der Waals surface area contributed by atoms with Crippen molar-refractivity contribution in [2.75, 3.05) is 12.0 Å². The summed E-state index contributed by atoms with van der Waals surface area (Å²) in [4.78, 5) is 0. The summed E-state index contributed by atoms with van der Waals surface area (Å²) in [5.41, 5.74) is -0.249. The van der Waals surface area contributed by atoms with Gasteiger partial charge in [-0.1, -0.05) is 13.3 Å². The normalized spacial score (nSPS) is 47.2. The van der Waals surface area contributed by atoms with Crippen LogP contribution in [0, 0.1) is 17.8 Å². The van der Waals surface area contributed by atoms with Gasteiger partial charge in [0.1, 0.15) is 0 Å². The lowest BCUT2D eigenvalue weighted by Crippen LogP contribution is -2.27. The van der Waals surface area contributed by atoms with Crippen molar-refractivity contribution in [3.05, 3.63) is 0 Å². The average Bonchev–Trinajstić information content (AvgIpc) is 2.52. The first kappa shape index (κ1) is 8.89. The maximum absolute atomic E-state index is 10.3. The summed E-state index contributed by atoms with van der Waals surface area (Å²) in [5, 5.41) is 10.3. The Hall–Kier alpha value is 0.310. The van der Waals surface area contributed by atoms with Gasteiger partial charge in [0.15, 0.2) is 0 Å². The van der Waals surface area contributed by atoms with E-state index in [-0.39, 0.29) is 5.60 Å². The number of aliphatic hydroxyl groups is 1. The Labute approximate surface area is 78.9 Å². The topological polar surface area (TPSA) is 20.2 Å². The molecule has 0 aliphatic heterocycles. The van der Waals surface area contributed by atoms with Crippen LogP contribution in [0.2, 0.25) is 0 Å². The van der Waals surface area contributed by atoms with Crippen LogP contribution in [-0.4, -0.2) is 22.7 Å². The molecule has 2 rings (SSSR count). The molecular formula is C10H18OS. The van der Waals surface area contributed by atoms with Gasteiger partial charge >= 0.3 is 0 Å². The highest BCUT2D eigenvalue weighted by Gasteiger charge is 2.67. The third kappa shape index (κ3) is 1.04. The summed E-state index contributed by atoms with van der Waals surface area (Å²) in [6.07, 6.45) is 6.03. The molecule has 0 bridgehead atoms. The number of fused-ring (bicyclic) bond motifs is 1. The molecule has 0 amide bonds. The molecule has 3 unspecified atom stereocenters. The van der Waals surface area contributed by atoms with Gasteiger partial charge in [-0.05, 0) is 42.6 Å². The molecule has 0 radical (unpaired) electrons. The van der Waals surface area contributed by atoms with Crippen LogP contribution in [-0.2, 0) is 0 Å². The monoisotopic (exact) mass is 186 g/mol. The Morgan fingerprint density at radius 1 is 1.50 bits per heavy atom. The van der Waals surface area contributed by atoms with E-state index in [9.17, 15) is 5.11 Å². The van der Waals surface area contributed by atoms with Gasteiger partial charge in [0.25, 0.3) is 0 Å². The van der Waals surface area contributed by atoms with Crippen molar-refractivity contribution in [2.45, 2.75) is 31.8 Å². The highest BCUT2D eigenvalue weighted by atomic mass is 32.2. The van der Waals surface area contributed by atoms with E-state index in [1.165, 1.54) is 19.3 Å². The molecule has 0 aromatic carbocycles. The molecule has 1 nitrogen and oxygen atoms in total. The largest absolute Gasteiger partial charge is 0.389 e. The number of rotatable bonds is 3. The van der Waals surface area contributed by atoms with E-state index < -0.39 is 0 Å². The van der Waals surface area contributed by atoms with Gasteiger partial charge in [-0.25, -0.2) is 0 Å². The third-order valence-electron chi connectivity index (χ3n) is 3.80. The van der Waals surface area contributed by atoms with Crippen molar-refractivity contribution < 1.29 is 5.11 Å². The fourth-order valence-corrected chi connectivity index (χ4v) is 3.85. The fourth-order valence-electron chi connectivity index (χ4n) is 3.08. The van der Waals surface area contributed by atoms with Crippen molar-refractivity contribution in [3.63, 3.8) is 0 Å². The van der Waals surface area contributed by atoms with Gasteiger partial charge < -0.3 is 5.11 Å². The highest BCUT2D eigenvalue weighted by Crippen LogP contribution is 2.64. The molecule has 70 valence electrons. The Morgan fingerprint density at radius 3 is 2.58 bits per heavy atom. The van der Waals surface area contributed by atoms with Crippen molar-refractivity contribution in [3.8, 4) is 0 Å². The molecule has 0 aromatic heterocycles. The molecule has 2 saturated carbocycles. The van der Waals surface area contributed by atoms with Crippen LogP contribution in [0.15, 0.2) is 0 Å². The smallest absolute Gasteiger partial charge is 0.0744 e. The Bertz CT molecular complexity index is 171. The Balaban J connectivity index is 1.96. The standard InChI is InChI=1S/C10H18OS/c1-7(6-12-2)10(11)8-4-3-5-9(8)10/h7-9,11H,3-6H2,1-2H3. The van der Waals surface area contributed by atoms with E-state index in [2.05, 4.69) is 13.2 Å². The zero-order chi connectivity index (χ0) is 8.77. The molecule has 2 fully saturated rings. The molecule has 2 aliphatic carbocycles. The lowest BCUT2D eigenvalue weighted by molar-refractivity contribution is 0.0610. The summed E-state index contributed by atoms with van der Waals surface area (Å²) in [6, 6.07) is 0. The zero-order valence-corrected chi connectivity index (χ0v) is 8.73. The van der Waals surface area contributed by atoms with Crippen LogP contribution in [0.3, 0.4) is 0 Å². The minimum atomic E-state index is -0.249. The van der Waals surface area contributed by atoms with Gasteiger partial charge in [-0.3, -0.25) is 0 Å². The van der Waals surface area contributed by atoms with E-state index in [4.69, 9.17) is 0 Å². The second-order valence-electron chi connectivity index (χ2n) is 4.39. The van der Waals surface area contributed by atoms with Gasteiger partial charge in [-0.2, -0.15) is 11.8 Å². The molecule has 0 heterocycles. The van der Waals surface area contributed by atoms with E-state index in [1.54, 1.807) is 0 Å². The minimum Gasteiger partial charge on any atom is -0.389 e. The van der Waals surface area contributed by atoms with E-state index >= 15 is 0 Å². The lowest BCUT2D eigenvalue weighted by atomic mass is 9.96. The van der Waals surface area contributed by atoms with E-state index in [0.717, 1.165) is 5.75 Å². The maximum Gasteiger partial charge on any atom is 0.0744 e. The summed E-state index contributed by atoms with van der Waals surface area (Å²) in [7, 11) is 0. The zero-order valence-electron chi connectivity index (χ0n) is 7.92. The second-order valence-corrected chi connectivity index (χ2v) is 5.30. The summed E-state index contributed by atoms with van der Waals surface area (Å²) in [6.45, 7) is 2.20. The highest BCUT2D eigenvalue weighted by molar-refractivity contribution is 7.98. The number of hydrogen-bond acceptors (Lipinski definition) is 2.